The number of para-hydroxylation sites is 1. The first-order valence-corrected chi connectivity index (χ1v) is 8.53. The number of rotatable bonds is 6. The van der Waals surface area contributed by atoms with Crippen LogP contribution in [0, 0.1) is 0 Å². The highest BCUT2D eigenvalue weighted by Gasteiger charge is 2.15. The van der Waals surface area contributed by atoms with Crippen molar-refractivity contribution in [1.29, 1.82) is 0 Å². The minimum atomic E-state index is 0.651. The smallest absolute Gasteiger partial charge is 0.209 e. The van der Waals surface area contributed by atoms with Crippen LogP contribution >= 0.6 is 23.1 Å². The number of hydrogen-bond donors (Lipinski definition) is 1. The molecule has 2 aromatic heterocycles. The molecule has 23 heavy (non-hydrogen) atoms. The van der Waals surface area contributed by atoms with Crippen molar-refractivity contribution < 1.29 is 9.47 Å². The zero-order chi connectivity index (χ0) is 16.2. The third-order valence-electron chi connectivity index (χ3n) is 3.07. The Morgan fingerprint density at radius 1 is 1.30 bits per heavy atom. The Morgan fingerprint density at radius 3 is 2.87 bits per heavy atom. The van der Waals surface area contributed by atoms with Crippen LogP contribution in [-0.2, 0) is 5.75 Å². The number of methoxy groups -OCH3 is 2. The average molecular weight is 349 g/mol. The van der Waals surface area contributed by atoms with E-state index in [1.165, 1.54) is 22.8 Å². The van der Waals surface area contributed by atoms with Crippen LogP contribution in [0.1, 0.15) is 5.69 Å². The molecule has 0 atom stereocenters. The lowest BCUT2D eigenvalue weighted by Gasteiger charge is -2.10. The van der Waals surface area contributed by atoms with Crippen LogP contribution in [0.5, 0.6) is 11.5 Å². The third-order valence-corrected chi connectivity index (χ3v) is 4.99. The van der Waals surface area contributed by atoms with E-state index in [1.54, 1.807) is 25.6 Å². The number of thiazole rings is 1. The van der Waals surface area contributed by atoms with Crippen LogP contribution in [0.4, 0.5) is 0 Å². The van der Waals surface area contributed by atoms with E-state index < -0.39 is 0 Å². The van der Waals surface area contributed by atoms with E-state index in [0.29, 0.717) is 22.4 Å². The van der Waals surface area contributed by atoms with Gasteiger partial charge < -0.3 is 15.3 Å². The lowest BCUT2D eigenvalue weighted by molar-refractivity contribution is 0.356. The Morgan fingerprint density at radius 2 is 2.17 bits per heavy atom. The minimum Gasteiger partial charge on any atom is -0.493 e. The van der Waals surface area contributed by atoms with Gasteiger partial charge in [-0.2, -0.15) is 0 Å². The fourth-order valence-corrected chi connectivity index (χ4v) is 3.70. The number of benzene rings is 1. The van der Waals surface area contributed by atoms with Gasteiger partial charge in [-0.1, -0.05) is 17.8 Å². The van der Waals surface area contributed by atoms with Gasteiger partial charge in [0.05, 0.1) is 25.5 Å². The van der Waals surface area contributed by atoms with Gasteiger partial charge in [-0.3, -0.25) is 0 Å². The maximum absolute atomic E-state index is 5.69. The van der Waals surface area contributed by atoms with E-state index in [0.717, 1.165) is 16.3 Å². The molecule has 0 fully saturated rings. The van der Waals surface area contributed by atoms with E-state index >= 15 is 0 Å². The van der Waals surface area contributed by atoms with Gasteiger partial charge >= 0.3 is 0 Å². The molecule has 0 spiro atoms. The summed E-state index contributed by atoms with van der Waals surface area (Å²) in [5.41, 5.74) is 1.86. The standard InChI is InChI=1S/C14H15N5O2S2/c1-20-11-5-3-4-10(12(11)21-2)13-17-9(6-22-13)7-23-14-18-16-8-19(14)15/h3-6,8H,7,15H2,1-2H3. The summed E-state index contributed by atoms with van der Waals surface area (Å²) in [6.45, 7) is 0. The summed E-state index contributed by atoms with van der Waals surface area (Å²) in [6, 6.07) is 5.75. The second-order valence-corrected chi connectivity index (χ2v) is 6.30. The van der Waals surface area contributed by atoms with Crippen molar-refractivity contribution in [1.82, 2.24) is 19.9 Å². The van der Waals surface area contributed by atoms with Gasteiger partial charge in [0.2, 0.25) is 5.16 Å². The molecule has 2 N–H and O–H groups in total. The number of nitrogens with zero attached hydrogens (tertiary/aromatic N) is 4. The van der Waals surface area contributed by atoms with Crippen molar-refractivity contribution in [3.8, 4) is 22.1 Å². The highest BCUT2D eigenvalue weighted by atomic mass is 32.2. The number of nitrogen functional groups attached to an aromatic ring is 1. The topological polar surface area (TPSA) is 88.1 Å². The van der Waals surface area contributed by atoms with E-state index in [1.807, 2.05) is 23.6 Å². The zero-order valence-corrected chi connectivity index (χ0v) is 14.2. The number of ether oxygens (including phenoxy) is 2. The van der Waals surface area contributed by atoms with Crippen molar-refractivity contribution in [2.75, 3.05) is 20.1 Å². The Hall–Kier alpha value is -2.26. The molecule has 1 aromatic carbocycles. The summed E-state index contributed by atoms with van der Waals surface area (Å²) in [5, 5.41) is 11.2. The maximum Gasteiger partial charge on any atom is 0.209 e. The Bertz CT molecular complexity index is 802. The summed E-state index contributed by atoms with van der Waals surface area (Å²) in [4.78, 5) is 4.66. The van der Waals surface area contributed by atoms with Crippen LogP contribution in [-0.4, -0.2) is 34.1 Å². The summed E-state index contributed by atoms with van der Waals surface area (Å²) in [5.74, 6) is 7.73. The summed E-state index contributed by atoms with van der Waals surface area (Å²) in [7, 11) is 3.24. The van der Waals surface area contributed by atoms with Crippen LogP contribution in [0.3, 0.4) is 0 Å². The molecule has 9 heteroatoms. The normalized spacial score (nSPS) is 10.7. The zero-order valence-electron chi connectivity index (χ0n) is 12.6. The molecule has 0 aliphatic heterocycles. The van der Waals surface area contributed by atoms with Gasteiger partial charge in [0.25, 0.3) is 0 Å². The highest BCUT2D eigenvalue weighted by Crippen LogP contribution is 2.39. The molecule has 0 saturated heterocycles. The van der Waals surface area contributed by atoms with Gasteiger partial charge in [-0.25, -0.2) is 9.66 Å². The molecular weight excluding hydrogens is 334 g/mol. The minimum absolute atomic E-state index is 0.651. The van der Waals surface area contributed by atoms with E-state index in [2.05, 4.69) is 15.2 Å². The first-order valence-electron chi connectivity index (χ1n) is 6.66. The van der Waals surface area contributed by atoms with Crippen molar-refractivity contribution in [3.05, 3.63) is 35.6 Å². The molecule has 0 unspecified atom stereocenters. The van der Waals surface area contributed by atoms with Gasteiger partial charge in [0.15, 0.2) is 11.5 Å². The quantitative estimate of drug-likeness (QED) is 0.540. The fourth-order valence-electron chi connectivity index (χ4n) is 2.03. The molecule has 120 valence electrons. The summed E-state index contributed by atoms with van der Waals surface area (Å²) < 4.78 is 12.2. The van der Waals surface area contributed by atoms with Crippen molar-refractivity contribution in [2.45, 2.75) is 10.9 Å². The van der Waals surface area contributed by atoms with E-state index in [9.17, 15) is 0 Å². The van der Waals surface area contributed by atoms with Gasteiger partial charge in [0.1, 0.15) is 11.3 Å². The molecule has 0 aliphatic rings. The van der Waals surface area contributed by atoms with Crippen molar-refractivity contribution >= 4 is 23.1 Å². The first kappa shape index (κ1) is 15.6. The maximum atomic E-state index is 5.69. The second kappa shape index (κ2) is 6.88. The predicted molar refractivity (Wildman–Crippen MR) is 90.4 cm³/mol. The molecule has 0 radical (unpaired) electrons. The third kappa shape index (κ3) is 3.25. The molecule has 3 aromatic rings. The number of nitrogens with two attached hydrogens (primary N) is 1. The Balaban J connectivity index is 1.81. The Labute approximate surface area is 141 Å². The van der Waals surface area contributed by atoms with Crippen LogP contribution in [0.2, 0.25) is 0 Å². The fraction of sp³-hybridized carbons (Fsp3) is 0.214. The molecule has 3 rings (SSSR count). The largest absolute Gasteiger partial charge is 0.493 e. The second-order valence-electron chi connectivity index (χ2n) is 4.49. The van der Waals surface area contributed by atoms with Gasteiger partial charge in [-0.05, 0) is 12.1 Å². The monoisotopic (exact) mass is 349 g/mol. The van der Waals surface area contributed by atoms with Gasteiger partial charge in [-0.15, -0.1) is 21.5 Å². The average Bonchev–Trinajstić information content (AvgIpc) is 3.21. The number of thioether (sulfide) groups is 1. The molecule has 0 bridgehead atoms. The molecular formula is C14H15N5O2S2. The van der Waals surface area contributed by atoms with Crippen molar-refractivity contribution in [2.24, 2.45) is 0 Å². The number of aromatic nitrogens is 4. The lowest BCUT2D eigenvalue weighted by atomic mass is 10.2. The van der Waals surface area contributed by atoms with Crippen LogP contribution < -0.4 is 15.3 Å². The first-order chi connectivity index (χ1) is 11.2. The highest BCUT2D eigenvalue weighted by molar-refractivity contribution is 7.98. The van der Waals surface area contributed by atoms with Gasteiger partial charge in [0, 0.05) is 11.1 Å². The molecule has 7 nitrogen and oxygen atoms in total. The molecule has 2 heterocycles. The van der Waals surface area contributed by atoms with E-state index in [4.69, 9.17) is 15.3 Å². The summed E-state index contributed by atoms with van der Waals surface area (Å²) in [6.07, 6.45) is 1.47. The lowest BCUT2D eigenvalue weighted by Crippen LogP contribution is -2.07. The number of hydrogen-bond acceptors (Lipinski definition) is 8. The van der Waals surface area contributed by atoms with Crippen LogP contribution in [0.25, 0.3) is 10.6 Å². The molecule has 0 saturated carbocycles. The SMILES string of the molecule is COc1cccc(-c2nc(CSc3nncn3N)cs2)c1OC. The molecule has 0 aliphatic carbocycles. The van der Waals surface area contributed by atoms with Crippen LogP contribution in [0.15, 0.2) is 35.1 Å². The molecule has 0 amide bonds. The Kier molecular flexibility index (Phi) is 4.68. The summed E-state index contributed by atoms with van der Waals surface area (Å²) >= 11 is 3.04. The van der Waals surface area contributed by atoms with Crippen molar-refractivity contribution in [3.63, 3.8) is 0 Å². The predicted octanol–water partition coefficient (Wildman–Crippen LogP) is 2.42. The van der Waals surface area contributed by atoms with E-state index in [-0.39, 0.29) is 0 Å².